The lowest BCUT2D eigenvalue weighted by Gasteiger charge is -2.34. The summed E-state index contributed by atoms with van der Waals surface area (Å²) >= 11 is 0. The van der Waals surface area contributed by atoms with Crippen LogP contribution in [0.2, 0.25) is 0 Å². The van der Waals surface area contributed by atoms with Crippen LogP contribution in [-0.4, -0.2) is 55.1 Å². The summed E-state index contributed by atoms with van der Waals surface area (Å²) in [6.45, 7) is 6.61. The van der Waals surface area contributed by atoms with Crippen LogP contribution < -0.4 is 10.6 Å². The fourth-order valence-electron chi connectivity index (χ4n) is 3.44. The number of amides is 2. The van der Waals surface area contributed by atoms with E-state index in [2.05, 4.69) is 44.7 Å². The first kappa shape index (κ1) is 21.2. The molecule has 1 heterocycles. The average Bonchev–Trinajstić information content (AvgIpc) is 2.73. The maximum Gasteiger partial charge on any atom is 0.319 e. The minimum Gasteiger partial charge on any atom is -0.338 e. The van der Waals surface area contributed by atoms with E-state index in [1.165, 1.54) is 23.8 Å². The minimum atomic E-state index is -2.55. The maximum absolute atomic E-state index is 12.7. The molecule has 0 atom stereocenters. The Bertz CT molecular complexity index is 764. The number of carbonyl (C=O) groups excluding carboxylic acids is 1. The largest absolute Gasteiger partial charge is 0.338 e. The molecular weight excluding hydrogens is 374 g/mol. The second kappa shape index (κ2) is 10.9. The number of rotatable bonds is 8. The highest BCUT2D eigenvalue weighted by molar-refractivity contribution is 5.89. The summed E-state index contributed by atoms with van der Waals surface area (Å²) in [6, 6.07) is 15.9. The minimum absolute atomic E-state index is 0.103. The van der Waals surface area contributed by atoms with E-state index < -0.39 is 6.43 Å². The zero-order valence-corrected chi connectivity index (χ0v) is 16.5. The quantitative estimate of drug-likeness (QED) is 0.658. The van der Waals surface area contributed by atoms with E-state index in [1.807, 2.05) is 6.07 Å². The summed E-state index contributed by atoms with van der Waals surface area (Å²) in [4.78, 5) is 16.8. The van der Waals surface area contributed by atoms with E-state index >= 15 is 0 Å². The maximum atomic E-state index is 12.7. The van der Waals surface area contributed by atoms with Gasteiger partial charge in [-0.05, 0) is 30.7 Å². The van der Waals surface area contributed by atoms with Gasteiger partial charge in [0, 0.05) is 50.5 Å². The summed E-state index contributed by atoms with van der Waals surface area (Å²) in [5.41, 5.74) is 1.61. The van der Waals surface area contributed by atoms with Crippen LogP contribution in [0.25, 0.3) is 0 Å². The molecule has 1 saturated heterocycles. The van der Waals surface area contributed by atoms with Crippen molar-refractivity contribution in [1.82, 2.24) is 15.1 Å². The molecule has 0 saturated carbocycles. The van der Waals surface area contributed by atoms with Crippen LogP contribution >= 0.6 is 0 Å². The summed E-state index contributed by atoms with van der Waals surface area (Å²) in [6.07, 6.45) is -1.70. The van der Waals surface area contributed by atoms with Crippen molar-refractivity contribution >= 4 is 11.7 Å². The SMILES string of the molecule is O=C(NCCCN1CCN(Cc2ccccc2)CC1)Nc1cccc(C(F)F)c1. The van der Waals surface area contributed by atoms with Gasteiger partial charge in [0.1, 0.15) is 0 Å². The Morgan fingerprint density at radius 1 is 0.966 bits per heavy atom. The van der Waals surface area contributed by atoms with Crippen LogP contribution in [0.3, 0.4) is 0 Å². The molecular formula is C22H28F2N4O. The molecule has 0 bridgehead atoms. The highest BCUT2D eigenvalue weighted by Crippen LogP contribution is 2.21. The van der Waals surface area contributed by atoms with Crippen molar-refractivity contribution < 1.29 is 13.6 Å². The van der Waals surface area contributed by atoms with Gasteiger partial charge in [-0.2, -0.15) is 0 Å². The molecule has 3 rings (SSSR count). The van der Waals surface area contributed by atoms with Gasteiger partial charge in [0.25, 0.3) is 6.43 Å². The van der Waals surface area contributed by atoms with Crippen LogP contribution in [-0.2, 0) is 6.54 Å². The van der Waals surface area contributed by atoms with Crippen molar-refractivity contribution in [3.63, 3.8) is 0 Å². The van der Waals surface area contributed by atoms with E-state index in [1.54, 1.807) is 6.07 Å². The first-order valence-electron chi connectivity index (χ1n) is 10.0. The molecule has 0 aliphatic carbocycles. The van der Waals surface area contributed by atoms with Crippen molar-refractivity contribution in [2.24, 2.45) is 0 Å². The molecule has 2 aromatic rings. The Morgan fingerprint density at radius 2 is 1.69 bits per heavy atom. The molecule has 2 aromatic carbocycles. The number of alkyl halides is 2. The van der Waals surface area contributed by atoms with Crippen molar-refractivity contribution in [2.45, 2.75) is 19.4 Å². The van der Waals surface area contributed by atoms with E-state index in [-0.39, 0.29) is 11.6 Å². The third kappa shape index (κ3) is 7.11. The number of urea groups is 1. The Labute approximate surface area is 170 Å². The number of nitrogens with zero attached hydrogens (tertiary/aromatic N) is 2. The number of halogens is 2. The Balaban J connectivity index is 1.29. The van der Waals surface area contributed by atoms with E-state index in [0.717, 1.165) is 45.7 Å². The van der Waals surface area contributed by atoms with Crippen LogP contribution in [0.5, 0.6) is 0 Å². The molecule has 156 valence electrons. The molecule has 0 aromatic heterocycles. The van der Waals surface area contributed by atoms with Gasteiger partial charge < -0.3 is 15.5 Å². The first-order valence-corrected chi connectivity index (χ1v) is 10.0. The smallest absolute Gasteiger partial charge is 0.319 e. The van der Waals surface area contributed by atoms with Crippen molar-refractivity contribution in [2.75, 3.05) is 44.6 Å². The van der Waals surface area contributed by atoms with Crippen LogP contribution in [0.1, 0.15) is 24.0 Å². The molecule has 5 nitrogen and oxygen atoms in total. The molecule has 0 unspecified atom stereocenters. The zero-order valence-electron chi connectivity index (χ0n) is 16.5. The topological polar surface area (TPSA) is 47.6 Å². The molecule has 7 heteroatoms. The second-order valence-corrected chi connectivity index (χ2v) is 7.26. The number of piperazine rings is 1. The number of hydrogen-bond acceptors (Lipinski definition) is 3. The first-order chi connectivity index (χ1) is 14.1. The van der Waals surface area contributed by atoms with Crippen LogP contribution in [0.15, 0.2) is 54.6 Å². The molecule has 0 radical (unpaired) electrons. The Kier molecular flexibility index (Phi) is 7.95. The second-order valence-electron chi connectivity index (χ2n) is 7.26. The lowest BCUT2D eigenvalue weighted by molar-refractivity contribution is 0.126. The molecule has 1 aliphatic rings. The number of anilines is 1. The number of carbonyl (C=O) groups is 1. The summed E-state index contributed by atoms with van der Waals surface area (Å²) in [5, 5.41) is 5.39. The molecule has 2 N–H and O–H groups in total. The molecule has 0 spiro atoms. The molecule has 1 aliphatic heterocycles. The highest BCUT2D eigenvalue weighted by atomic mass is 19.3. The van der Waals surface area contributed by atoms with Gasteiger partial charge in [-0.1, -0.05) is 42.5 Å². The van der Waals surface area contributed by atoms with Gasteiger partial charge in [0.15, 0.2) is 0 Å². The lowest BCUT2D eigenvalue weighted by atomic mass is 10.2. The molecule has 1 fully saturated rings. The van der Waals surface area contributed by atoms with Crippen molar-refractivity contribution in [3.05, 3.63) is 65.7 Å². The van der Waals surface area contributed by atoms with E-state index in [0.29, 0.717) is 12.2 Å². The van der Waals surface area contributed by atoms with Gasteiger partial charge in [0.05, 0.1) is 0 Å². The Hall–Kier alpha value is -2.51. The third-order valence-corrected chi connectivity index (χ3v) is 5.05. The van der Waals surface area contributed by atoms with Crippen LogP contribution in [0.4, 0.5) is 19.3 Å². The number of benzene rings is 2. The number of nitrogens with one attached hydrogen (secondary N) is 2. The van der Waals surface area contributed by atoms with Gasteiger partial charge in [0.2, 0.25) is 0 Å². The van der Waals surface area contributed by atoms with Gasteiger partial charge in [-0.3, -0.25) is 4.90 Å². The standard InChI is InChI=1S/C22H28F2N4O/c23-21(24)19-8-4-9-20(16-19)26-22(29)25-10-5-11-27-12-14-28(15-13-27)17-18-6-2-1-3-7-18/h1-4,6-9,16,21H,5,10-15,17H2,(H2,25,26,29). The lowest BCUT2D eigenvalue weighted by Crippen LogP contribution is -2.46. The van der Waals surface area contributed by atoms with Gasteiger partial charge >= 0.3 is 6.03 Å². The van der Waals surface area contributed by atoms with Crippen molar-refractivity contribution in [1.29, 1.82) is 0 Å². The van der Waals surface area contributed by atoms with Crippen LogP contribution in [0, 0.1) is 0 Å². The monoisotopic (exact) mass is 402 g/mol. The summed E-state index contributed by atoms with van der Waals surface area (Å²) in [7, 11) is 0. The van der Waals surface area contributed by atoms with E-state index in [9.17, 15) is 13.6 Å². The fourth-order valence-corrected chi connectivity index (χ4v) is 3.44. The normalized spacial score (nSPS) is 15.4. The predicted octanol–water partition coefficient (Wildman–Crippen LogP) is 3.95. The molecule has 29 heavy (non-hydrogen) atoms. The fraction of sp³-hybridized carbons (Fsp3) is 0.409. The zero-order chi connectivity index (χ0) is 20.5. The van der Waals surface area contributed by atoms with E-state index in [4.69, 9.17) is 0 Å². The van der Waals surface area contributed by atoms with Crippen molar-refractivity contribution in [3.8, 4) is 0 Å². The average molecular weight is 402 g/mol. The third-order valence-electron chi connectivity index (χ3n) is 5.05. The molecule has 2 amide bonds. The van der Waals surface area contributed by atoms with Gasteiger partial charge in [-0.15, -0.1) is 0 Å². The summed E-state index contributed by atoms with van der Waals surface area (Å²) in [5.74, 6) is 0. The summed E-state index contributed by atoms with van der Waals surface area (Å²) < 4.78 is 25.4. The Morgan fingerprint density at radius 3 is 2.41 bits per heavy atom. The highest BCUT2D eigenvalue weighted by Gasteiger charge is 2.16. The predicted molar refractivity (Wildman–Crippen MR) is 111 cm³/mol. The van der Waals surface area contributed by atoms with Gasteiger partial charge in [-0.25, -0.2) is 13.6 Å². The number of hydrogen-bond donors (Lipinski definition) is 2.